The van der Waals surface area contributed by atoms with Crippen LogP contribution in [0.2, 0.25) is 0 Å². The van der Waals surface area contributed by atoms with Gasteiger partial charge in [0.1, 0.15) is 5.75 Å². The van der Waals surface area contributed by atoms with E-state index in [0.717, 1.165) is 12.2 Å². The largest absolute Gasteiger partial charge is 0.497 e. The Morgan fingerprint density at radius 2 is 1.95 bits per heavy atom. The van der Waals surface area contributed by atoms with Crippen LogP contribution < -0.4 is 10.5 Å². The Balaban J connectivity index is 1.77. The molecule has 3 nitrogen and oxygen atoms in total. The minimum Gasteiger partial charge on any atom is -0.497 e. The lowest BCUT2D eigenvalue weighted by Crippen LogP contribution is -2.49. The lowest BCUT2D eigenvalue weighted by molar-refractivity contribution is 0.0746. The SMILES string of the molecule is COc1ccc2c(c1)C(N)C(N1CCC(C)(C)CC1)CC2. The number of nitrogens with zero attached hydrogens (tertiary/aromatic N) is 1. The third-order valence-corrected chi connectivity index (χ3v) is 5.46. The molecule has 3 rings (SSSR count). The Bertz CT molecular complexity index is 502. The quantitative estimate of drug-likeness (QED) is 0.908. The highest BCUT2D eigenvalue weighted by Crippen LogP contribution is 2.37. The first-order valence-electron chi connectivity index (χ1n) is 8.17. The normalized spacial score (nSPS) is 29.0. The summed E-state index contributed by atoms with van der Waals surface area (Å²) in [4.78, 5) is 2.62. The van der Waals surface area contributed by atoms with E-state index >= 15 is 0 Å². The molecule has 0 bridgehead atoms. The van der Waals surface area contributed by atoms with Gasteiger partial charge in [-0.2, -0.15) is 0 Å². The van der Waals surface area contributed by atoms with Gasteiger partial charge in [-0.15, -0.1) is 0 Å². The first-order chi connectivity index (χ1) is 10.00. The number of aryl methyl sites for hydroxylation is 1. The van der Waals surface area contributed by atoms with Crippen molar-refractivity contribution in [1.82, 2.24) is 4.90 Å². The van der Waals surface area contributed by atoms with Gasteiger partial charge in [0.2, 0.25) is 0 Å². The van der Waals surface area contributed by atoms with Gasteiger partial charge in [-0.05, 0) is 67.4 Å². The van der Waals surface area contributed by atoms with Crippen molar-refractivity contribution in [3.05, 3.63) is 29.3 Å². The number of fused-ring (bicyclic) bond motifs is 1. The van der Waals surface area contributed by atoms with Gasteiger partial charge in [-0.25, -0.2) is 0 Å². The van der Waals surface area contributed by atoms with E-state index in [2.05, 4.69) is 36.9 Å². The Kier molecular flexibility index (Phi) is 3.98. The molecule has 0 radical (unpaired) electrons. The van der Waals surface area contributed by atoms with E-state index in [1.807, 2.05) is 0 Å². The van der Waals surface area contributed by atoms with Gasteiger partial charge in [-0.1, -0.05) is 19.9 Å². The molecule has 2 unspecified atom stereocenters. The van der Waals surface area contributed by atoms with Crippen molar-refractivity contribution in [3.8, 4) is 5.75 Å². The van der Waals surface area contributed by atoms with Crippen molar-refractivity contribution in [2.75, 3.05) is 20.2 Å². The average Bonchev–Trinajstić information content (AvgIpc) is 2.48. The van der Waals surface area contributed by atoms with Crippen molar-refractivity contribution in [1.29, 1.82) is 0 Å². The number of methoxy groups -OCH3 is 1. The smallest absolute Gasteiger partial charge is 0.119 e. The van der Waals surface area contributed by atoms with Crippen LogP contribution in [-0.4, -0.2) is 31.1 Å². The van der Waals surface area contributed by atoms with Gasteiger partial charge in [0.25, 0.3) is 0 Å². The standard InChI is InChI=1S/C18H28N2O/c1-18(2)8-10-20(11-9-18)16-7-5-13-4-6-14(21-3)12-15(13)17(16)19/h4,6,12,16-17H,5,7-11,19H2,1-3H3. The molecule has 1 aliphatic heterocycles. The number of rotatable bonds is 2. The van der Waals surface area contributed by atoms with Crippen LogP contribution in [-0.2, 0) is 6.42 Å². The van der Waals surface area contributed by atoms with Gasteiger partial charge in [0.15, 0.2) is 0 Å². The Morgan fingerprint density at radius 3 is 2.62 bits per heavy atom. The zero-order valence-corrected chi connectivity index (χ0v) is 13.6. The molecule has 1 heterocycles. The van der Waals surface area contributed by atoms with Crippen LogP contribution in [0.25, 0.3) is 0 Å². The lowest BCUT2D eigenvalue weighted by Gasteiger charge is -2.45. The van der Waals surface area contributed by atoms with Crippen LogP contribution in [0, 0.1) is 5.41 Å². The van der Waals surface area contributed by atoms with Gasteiger partial charge in [0.05, 0.1) is 7.11 Å². The third-order valence-electron chi connectivity index (χ3n) is 5.46. The first-order valence-corrected chi connectivity index (χ1v) is 8.17. The maximum atomic E-state index is 6.62. The molecule has 0 spiro atoms. The van der Waals surface area contributed by atoms with Crippen molar-refractivity contribution >= 4 is 0 Å². The van der Waals surface area contributed by atoms with Gasteiger partial charge >= 0.3 is 0 Å². The fraction of sp³-hybridized carbons (Fsp3) is 0.667. The van der Waals surface area contributed by atoms with Gasteiger partial charge < -0.3 is 10.5 Å². The maximum absolute atomic E-state index is 6.62. The molecule has 1 aromatic rings. The second-order valence-electron chi connectivity index (χ2n) is 7.40. The van der Waals surface area contributed by atoms with Crippen LogP contribution in [0.5, 0.6) is 5.75 Å². The van der Waals surface area contributed by atoms with Crippen molar-refractivity contribution in [3.63, 3.8) is 0 Å². The van der Waals surface area contributed by atoms with E-state index < -0.39 is 0 Å². The van der Waals surface area contributed by atoms with Crippen LogP contribution in [0.3, 0.4) is 0 Å². The molecule has 1 fully saturated rings. The minimum atomic E-state index is 0.116. The Morgan fingerprint density at radius 1 is 1.24 bits per heavy atom. The van der Waals surface area contributed by atoms with Crippen LogP contribution >= 0.6 is 0 Å². The molecule has 21 heavy (non-hydrogen) atoms. The van der Waals surface area contributed by atoms with E-state index in [-0.39, 0.29) is 6.04 Å². The third kappa shape index (κ3) is 2.95. The zero-order chi connectivity index (χ0) is 15.0. The second kappa shape index (κ2) is 5.62. The molecule has 0 amide bonds. The number of hydrogen-bond donors (Lipinski definition) is 1. The predicted octanol–water partition coefficient (Wildman–Crippen LogP) is 3.13. The van der Waals surface area contributed by atoms with E-state index in [0.29, 0.717) is 11.5 Å². The van der Waals surface area contributed by atoms with E-state index in [1.54, 1.807) is 7.11 Å². The number of ether oxygens (including phenoxy) is 1. The highest BCUT2D eigenvalue weighted by atomic mass is 16.5. The molecule has 1 saturated heterocycles. The summed E-state index contributed by atoms with van der Waals surface area (Å²) in [6, 6.07) is 6.98. The molecule has 116 valence electrons. The summed E-state index contributed by atoms with van der Waals surface area (Å²) >= 11 is 0. The molecule has 0 saturated carbocycles. The van der Waals surface area contributed by atoms with Crippen LogP contribution in [0.1, 0.15) is 50.3 Å². The van der Waals surface area contributed by atoms with Crippen LogP contribution in [0.15, 0.2) is 18.2 Å². The monoisotopic (exact) mass is 288 g/mol. The summed E-state index contributed by atoms with van der Waals surface area (Å²) in [5.74, 6) is 0.921. The molecule has 2 N–H and O–H groups in total. The average molecular weight is 288 g/mol. The second-order valence-corrected chi connectivity index (χ2v) is 7.40. The number of benzene rings is 1. The summed E-state index contributed by atoms with van der Waals surface area (Å²) in [6.45, 7) is 7.13. The Labute approximate surface area is 128 Å². The molecule has 0 aromatic heterocycles. The number of nitrogens with two attached hydrogens (primary N) is 1. The van der Waals surface area contributed by atoms with E-state index in [1.165, 1.54) is 43.5 Å². The van der Waals surface area contributed by atoms with Crippen molar-refractivity contribution in [2.45, 2.75) is 51.6 Å². The predicted molar refractivity (Wildman–Crippen MR) is 86.6 cm³/mol. The van der Waals surface area contributed by atoms with E-state index in [4.69, 9.17) is 10.5 Å². The summed E-state index contributed by atoms with van der Waals surface area (Å²) in [5, 5.41) is 0. The molecule has 2 atom stereocenters. The topological polar surface area (TPSA) is 38.5 Å². The number of likely N-dealkylation sites (tertiary alicyclic amines) is 1. The maximum Gasteiger partial charge on any atom is 0.119 e. The highest BCUT2D eigenvalue weighted by Gasteiger charge is 2.35. The molecular weight excluding hydrogens is 260 g/mol. The fourth-order valence-corrected chi connectivity index (χ4v) is 3.80. The van der Waals surface area contributed by atoms with Crippen molar-refractivity contribution < 1.29 is 4.74 Å². The number of hydrogen-bond acceptors (Lipinski definition) is 3. The molecule has 2 aliphatic rings. The molecular formula is C18H28N2O. The summed E-state index contributed by atoms with van der Waals surface area (Å²) in [5.41, 5.74) is 9.80. The first kappa shape index (κ1) is 14.9. The Hall–Kier alpha value is -1.06. The van der Waals surface area contributed by atoms with Gasteiger partial charge in [-0.3, -0.25) is 4.90 Å². The zero-order valence-electron chi connectivity index (χ0n) is 13.6. The lowest BCUT2D eigenvalue weighted by atomic mass is 9.79. The summed E-state index contributed by atoms with van der Waals surface area (Å²) in [6.07, 6.45) is 4.88. The molecule has 1 aromatic carbocycles. The number of piperidine rings is 1. The summed E-state index contributed by atoms with van der Waals surface area (Å²) < 4.78 is 5.37. The van der Waals surface area contributed by atoms with Crippen LogP contribution in [0.4, 0.5) is 0 Å². The molecule has 3 heteroatoms. The highest BCUT2D eigenvalue weighted by molar-refractivity contribution is 5.40. The molecule has 1 aliphatic carbocycles. The summed E-state index contributed by atoms with van der Waals surface area (Å²) in [7, 11) is 1.72. The van der Waals surface area contributed by atoms with E-state index in [9.17, 15) is 0 Å². The fourth-order valence-electron chi connectivity index (χ4n) is 3.80. The van der Waals surface area contributed by atoms with Gasteiger partial charge in [0, 0.05) is 12.1 Å². The van der Waals surface area contributed by atoms with Crippen molar-refractivity contribution in [2.24, 2.45) is 11.1 Å². The minimum absolute atomic E-state index is 0.116.